The largest absolute Gasteiger partial charge is 0.334 e. The third-order valence-corrected chi connectivity index (χ3v) is 6.25. The molecule has 0 saturated carbocycles. The summed E-state index contributed by atoms with van der Waals surface area (Å²) in [7, 11) is 0. The van der Waals surface area contributed by atoms with Crippen molar-refractivity contribution in [2.24, 2.45) is 0 Å². The van der Waals surface area contributed by atoms with E-state index in [1.54, 1.807) is 28.1 Å². The molecule has 2 aromatic carbocycles. The molecule has 9 nitrogen and oxygen atoms in total. The van der Waals surface area contributed by atoms with Crippen molar-refractivity contribution in [1.82, 2.24) is 24.3 Å². The van der Waals surface area contributed by atoms with E-state index >= 15 is 0 Å². The molecule has 1 aliphatic heterocycles. The summed E-state index contributed by atoms with van der Waals surface area (Å²) >= 11 is 0. The van der Waals surface area contributed by atoms with Crippen LogP contribution in [-0.4, -0.2) is 62.5 Å². The van der Waals surface area contributed by atoms with E-state index in [1.165, 1.54) is 4.57 Å². The number of nitrogens with one attached hydrogen (secondary N) is 1. The summed E-state index contributed by atoms with van der Waals surface area (Å²) in [6.07, 6.45) is 2.24. The highest BCUT2D eigenvalue weighted by molar-refractivity contribution is 5.94. The summed E-state index contributed by atoms with van der Waals surface area (Å²) in [4.78, 5) is 51.4. The highest BCUT2D eigenvalue weighted by atomic mass is 16.2. The van der Waals surface area contributed by atoms with Gasteiger partial charge in [-0.15, -0.1) is 0 Å². The Bertz CT molecular complexity index is 1430. The number of carbonyl (C=O) groups is 2. The summed E-state index contributed by atoms with van der Waals surface area (Å²) in [6, 6.07) is 22.4. The summed E-state index contributed by atoms with van der Waals surface area (Å²) in [5.74, 6) is -0.428. The molecule has 0 bridgehead atoms. The van der Waals surface area contributed by atoms with Gasteiger partial charge in [0.1, 0.15) is 5.52 Å². The predicted molar refractivity (Wildman–Crippen MR) is 137 cm³/mol. The van der Waals surface area contributed by atoms with Crippen molar-refractivity contribution in [3.8, 4) is 0 Å². The average Bonchev–Trinajstić information content (AvgIpc) is 2.93. The molecule has 0 radical (unpaired) electrons. The zero-order valence-corrected chi connectivity index (χ0v) is 19.7. The van der Waals surface area contributed by atoms with Gasteiger partial charge >= 0.3 is 6.03 Å². The van der Waals surface area contributed by atoms with Gasteiger partial charge in [-0.2, -0.15) is 0 Å². The van der Waals surface area contributed by atoms with Gasteiger partial charge in [0.2, 0.25) is 0 Å². The van der Waals surface area contributed by atoms with Crippen molar-refractivity contribution < 1.29 is 9.59 Å². The molecular formula is C27H26N6O3. The van der Waals surface area contributed by atoms with Gasteiger partial charge in [0.25, 0.3) is 11.5 Å². The molecule has 4 aromatic rings. The first-order chi connectivity index (χ1) is 17.6. The molecule has 0 unspecified atom stereocenters. The monoisotopic (exact) mass is 482 g/mol. The van der Waals surface area contributed by atoms with Crippen molar-refractivity contribution in [3.63, 3.8) is 0 Å². The summed E-state index contributed by atoms with van der Waals surface area (Å²) < 4.78 is 1.53. The fraction of sp³-hybridized carbons (Fsp3) is 0.222. The van der Waals surface area contributed by atoms with E-state index in [4.69, 9.17) is 0 Å². The Morgan fingerprint density at radius 2 is 1.50 bits per heavy atom. The highest BCUT2D eigenvalue weighted by Gasteiger charge is 2.28. The number of amides is 3. The number of benzene rings is 2. The summed E-state index contributed by atoms with van der Waals surface area (Å²) in [5.41, 5.74) is 2.18. The molecule has 1 saturated heterocycles. The summed E-state index contributed by atoms with van der Waals surface area (Å²) in [6.45, 7) is 1.74. The third-order valence-electron chi connectivity index (χ3n) is 6.25. The van der Waals surface area contributed by atoms with Gasteiger partial charge in [-0.05, 0) is 36.2 Å². The van der Waals surface area contributed by atoms with Crippen molar-refractivity contribution in [3.05, 3.63) is 101 Å². The van der Waals surface area contributed by atoms with Gasteiger partial charge < -0.3 is 15.1 Å². The van der Waals surface area contributed by atoms with Crippen LogP contribution in [0.4, 0.5) is 10.5 Å². The number of anilines is 1. The molecule has 182 valence electrons. The van der Waals surface area contributed by atoms with Gasteiger partial charge in [-0.25, -0.2) is 14.8 Å². The molecule has 3 amide bonds. The number of pyridine rings is 1. The minimum Gasteiger partial charge on any atom is -0.334 e. The van der Waals surface area contributed by atoms with E-state index in [0.717, 1.165) is 5.56 Å². The number of carbonyl (C=O) groups excluding carboxylic acids is 2. The molecule has 1 N–H and O–H groups in total. The first-order valence-electron chi connectivity index (χ1n) is 11.9. The van der Waals surface area contributed by atoms with E-state index < -0.39 is 11.5 Å². The van der Waals surface area contributed by atoms with Gasteiger partial charge in [-0.3, -0.25) is 14.2 Å². The third kappa shape index (κ3) is 4.95. The van der Waals surface area contributed by atoms with Crippen molar-refractivity contribution in [1.29, 1.82) is 0 Å². The molecule has 0 aliphatic carbocycles. The quantitative estimate of drug-likeness (QED) is 0.471. The Morgan fingerprint density at radius 1 is 0.833 bits per heavy atom. The van der Waals surface area contributed by atoms with E-state index in [9.17, 15) is 14.4 Å². The second kappa shape index (κ2) is 10.4. The van der Waals surface area contributed by atoms with Crippen molar-refractivity contribution in [2.45, 2.75) is 13.0 Å². The lowest BCUT2D eigenvalue weighted by Crippen LogP contribution is -2.52. The Hall–Kier alpha value is -4.53. The molecule has 1 fully saturated rings. The number of urea groups is 1. The van der Waals surface area contributed by atoms with Crippen LogP contribution in [0.15, 0.2) is 83.8 Å². The molecule has 9 heteroatoms. The number of fused-ring (bicyclic) bond motifs is 1. The Morgan fingerprint density at radius 3 is 2.22 bits per heavy atom. The molecule has 5 rings (SSSR count). The Labute approximate surface area is 208 Å². The number of hydrogen-bond acceptors (Lipinski definition) is 5. The molecule has 1 aliphatic rings. The highest BCUT2D eigenvalue weighted by Crippen LogP contribution is 2.13. The van der Waals surface area contributed by atoms with Crippen LogP contribution in [0.3, 0.4) is 0 Å². The standard InChI is InChI=1S/C27H26N6O3/c34-25(31-16-18-32(19-17-31)27(36)29-21-10-5-2-6-11-21)23-26(35)33(15-13-20-8-3-1-4-9-20)24-22(30-23)12-7-14-28-24/h1-12,14H,13,15-19H2,(H,29,36). The van der Waals surface area contributed by atoms with Crippen molar-refractivity contribution >= 4 is 28.8 Å². The lowest BCUT2D eigenvalue weighted by molar-refractivity contribution is 0.0663. The fourth-order valence-corrected chi connectivity index (χ4v) is 4.29. The zero-order chi connectivity index (χ0) is 24.9. The summed E-state index contributed by atoms with van der Waals surface area (Å²) in [5, 5.41) is 2.86. The van der Waals surface area contributed by atoms with Crippen LogP contribution in [0, 0.1) is 0 Å². The Balaban J connectivity index is 1.32. The van der Waals surface area contributed by atoms with E-state index in [-0.39, 0.29) is 11.7 Å². The van der Waals surface area contributed by atoms with Crippen LogP contribution in [-0.2, 0) is 13.0 Å². The van der Waals surface area contributed by atoms with Gasteiger partial charge in [0.05, 0.1) is 0 Å². The lowest BCUT2D eigenvalue weighted by atomic mass is 10.1. The zero-order valence-electron chi connectivity index (χ0n) is 19.7. The number of para-hydroxylation sites is 1. The van der Waals surface area contributed by atoms with Crippen LogP contribution in [0.25, 0.3) is 11.2 Å². The number of piperazine rings is 1. The first-order valence-corrected chi connectivity index (χ1v) is 11.9. The first kappa shape index (κ1) is 23.2. The fourth-order valence-electron chi connectivity index (χ4n) is 4.29. The lowest BCUT2D eigenvalue weighted by Gasteiger charge is -2.34. The van der Waals surface area contributed by atoms with E-state index in [0.29, 0.717) is 56.0 Å². The average molecular weight is 483 g/mol. The van der Waals surface area contributed by atoms with Crippen LogP contribution in [0.2, 0.25) is 0 Å². The maximum absolute atomic E-state index is 13.4. The molecule has 2 aromatic heterocycles. The number of hydrogen-bond donors (Lipinski definition) is 1. The van der Waals surface area contributed by atoms with Crippen LogP contribution in [0.5, 0.6) is 0 Å². The van der Waals surface area contributed by atoms with Gasteiger partial charge in [0, 0.05) is 44.6 Å². The van der Waals surface area contributed by atoms with E-state index in [1.807, 2.05) is 60.7 Å². The Kier molecular flexibility index (Phi) is 6.70. The minimum absolute atomic E-state index is 0.120. The second-order valence-corrected chi connectivity index (χ2v) is 8.57. The maximum atomic E-state index is 13.4. The molecular weight excluding hydrogens is 456 g/mol. The topological polar surface area (TPSA) is 100 Å². The molecule has 36 heavy (non-hydrogen) atoms. The predicted octanol–water partition coefficient (Wildman–Crippen LogP) is 3.02. The van der Waals surface area contributed by atoms with E-state index in [2.05, 4.69) is 15.3 Å². The van der Waals surface area contributed by atoms with Gasteiger partial charge in [-0.1, -0.05) is 48.5 Å². The number of aromatic nitrogens is 3. The molecule has 0 spiro atoms. The number of aryl methyl sites for hydroxylation is 2. The normalized spacial score (nSPS) is 13.6. The molecule has 0 atom stereocenters. The maximum Gasteiger partial charge on any atom is 0.321 e. The minimum atomic E-state index is -0.452. The van der Waals surface area contributed by atoms with Crippen LogP contribution in [0.1, 0.15) is 16.1 Å². The van der Waals surface area contributed by atoms with Crippen LogP contribution >= 0.6 is 0 Å². The smallest absolute Gasteiger partial charge is 0.321 e. The number of rotatable bonds is 5. The SMILES string of the molecule is O=C(Nc1ccccc1)N1CCN(C(=O)c2nc3cccnc3n(CCc3ccccc3)c2=O)CC1. The second-order valence-electron chi connectivity index (χ2n) is 8.57. The van der Waals surface area contributed by atoms with Crippen LogP contribution < -0.4 is 10.9 Å². The van der Waals surface area contributed by atoms with Crippen molar-refractivity contribution in [2.75, 3.05) is 31.5 Å². The number of nitrogens with zero attached hydrogens (tertiary/aromatic N) is 5. The molecule has 3 heterocycles. The van der Waals surface area contributed by atoms with Gasteiger partial charge in [0.15, 0.2) is 11.3 Å².